The van der Waals surface area contributed by atoms with Gasteiger partial charge >= 0.3 is 0 Å². The molecule has 1 aromatic rings. The number of hydrogen-bond acceptors (Lipinski definition) is 5. The van der Waals surface area contributed by atoms with Gasteiger partial charge in [0.25, 0.3) is 5.91 Å². The van der Waals surface area contributed by atoms with E-state index in [9.17, 15) is 9.59 Å². The zero-order chi connectivity index (χ0) is 15.7. The van der Waals surface area contributed by atoms with E-state index >= 15 is 0 Å². The molecule has 2 amide bonds. The molecular weight excluding hydrogens is 274 g/mol. The van der Waals surface area contributed by atoms with Crippen molar-refractivity contribution in [2.75, 3.05) is 39.1 Å². The molecule has 0 atom stereocenters. The minimum absolute atomic E-state index is 0.122. The highest BCUT2D eigenvalue weighted by Crippen LogP contribution is 2.26. The maximum absolute atomic E-state index is 12.1. The summed E-state index contributed by atoms with van der Waals surface area (Å²) in [6.07, 6.45) is 0. The molecule has 0 aromatic heterocycles. The summed E-state index contributed by atoms with van der Waals surface area (Å²) in [6.45, 7) is 2.89. The molecule has 0 aliphatic heterocycles. The molecule has 1 rings (SSSR count). The number of nitrogens with two attached hydrogens (primary N) is 1. The van der Waals surface area contributed by atoms with Crippen molar-refractivity contribution >= 4 is 17.5 Å². The summed E-state index contributed by atoms with van der Waals surface area (Å²) in [6, 6.07) is 4.91. The van der Waals surface area contributed by atoms with Crippen molar-refractivity contribution in [2.24, 2.45) is 0 Å². The van der Waals surface area contributed by atoms with Gasteiger partial charge in [0.05, 0.1) is 31.0 Å². The van der Waals surface area contributed by atoms with Gasteiger partial charge in [0.2, 0.25) is 5.91 Å². The van der Waals surface area contributed by atoms with Crippen LogP contribution in [0.5, 0.6) is 5.75 Å². The quantitative estimate of drug-likeness (QED) is 0.468. The van der Waals surface area contributed by atoms with Crippen molar-refractivity contribution in [3.8, 4) is 5.75 Å². The number of nitrogen functional groups attached to an aromatic ring is 1. The minimum atomic E-state index is -0.410. The fourth-order valence-corrected chi connectivity index (χ4v) is 1.65. The third-order valence-corrected chi connectivity index (χ3v) is 2.62. The summed E-state index contributed by atoms with van der Waals surface area (Å²) >= 11 is 0. The second-order valence-corrected chi connectivity index (χ2v) is 4.18. The Morgan fingerprint density at radius 1 is 1.29 bits per heavy atom. The lowest BCUT2D eigenvalue weighted by atomic mass is 10.1. The van der Waals surface area contributed by atoms with Gasteiger partial charge in [0, 0.05) is 13.7 Å². The highest BCUT2D eigenvalue weighted by atomic mass is 16.5. The highest BCUT2D eigenvalue weighted by Gasteiger charge is 2.15. The Bertz CT molecular complexity index is 491. The lowest BCUT2D eigenvalue weighted by molar-refractivity contribution is -0.120. The summed E-state index contributed by atoms with van der Waals surface area (Å²) in [4.78, 5) is 23.6. The van der Waals surface area contributed by atoms with Gasteiger partial charge in [-0.15, -0.1) is 0 Å². The fourth-order valence-electron chi connectivity index (χ4n) is 1.65. The number of benzene rings is 1. The maximum atomic E-state index is 12.1. The first kappa shape index (κ1) is 16.8. The summed E-state index contributed by atoms with van der Waals surface area (Å²) in [5, 5.41) is 5.13. The number of methoxy groups -OCH3 is 1. The average molecular weight is 295 g/mol. The lowest BCUT2D eigenvalue weighted by Gasteiger charge is -2.12. The molecule has 4 N–H and O–H groups in total. The topological polar surface area (TPSA) is 103 Å². The highest BCUT2D eigenvalue weighted by molar-refractivity contribution is 6.00. The van der Waals surface area contributed by atoms with Crippen molar-refractivity contribution in [1.82, 2.24) is 10.6 Å². The Hall–Kier alpha value is -2.28. The Balaban J connectivity index is 2.60. The van der Waals surface area contributed by atoms with Gasteiger partial charge in [-0.2, -0.15) is 0 Å². The van der Waals surface area contributed by atoms with Crippen molar-refractivity contribution < 1.29 is 19.1 Å². The van der Waals surface area contributed by atoms with Crippen LogP contribution in [0.15, 0.2) is 18.2 Å². The van der Waals surface area contributed by atoms with Crippen LogP contribution in [0.4, 0.5) is 5.69 Å². The summed E-state index contributed by atoms with van der Waals surface area (Å²) in [7, 11) is 1.54. The van der Waals surface area contributed by atoms with Crippen LogP contribution in [-0.4, -0.2) is 45.2 Å². The van der Waals surface area contributed by atoms with E-state index in [1.54, 1.807) is 32.2 Å². The minimum Gasteiger partial charge on any atom is -0.491 e. The Labute approximate surface area is 123 Å². The number of rotatable bonds is 8. The van der Waals surface area contributed by atoms with Crippen molar-refractivity contribution in [1.29, 1.82) is 0 Å². The van der Waals surface area contributed by atoms with E-state index in [0.717, 1.165) is 0 Å². The van der Waals surface area contributed by atoms with Gasteiger partial charge in [-0.05, 0) is 19.1 Å². The van der Waals surface area contributed by atoms with Crippen LogP contribution >= 0.6 is 0 Å². The van der Waals surface area contributed by atoms with E-state index in [2.05, 4.69) is 10.6 Å². The van der Waals surface area contributed by atoms with Crippen LogP contribution < -0.4 is 21.1 Å². The molecule has 0 fully saturated rings. The average Bonchev–Trinajstić information content (AvgIpc) is 2.47. The van der Waals surface area contributed by atoms with Gasteiger partial charge < -0.3 is 25.8 Å². The standard InChI is InChI=1S/C14H21N3O4/c1-3-21-13-10(5-4-6-11(13)15)14(19)17-9-12(18)16-7-8-20-2/h4-6H,3,7-9,15H2,1-2H3,(H,16,18)(H,17,19). The van der Waals surface area contributed by atoms with E-state index in [0.29, 0.717) is 36.8 Å². The van der Waals surface area contributed by atoms with Crippen molar-refractivity contribution in [2.45, 2.75) is 6.92 Å². The first-order valence-electron chi connectivity index (χ1n) is 6.65. The molecular formula is C14H21N3O4. The Morgan fingerprint density at radius 3 is 2.71 bits per heavy atom. The number of nitrogens with one attached hydrogen (secondary N) is 2. The molecule has 0 unspecified atom stereocenters. The third kappa shape index (κ3) is 5.31. The maximum Gasteiger partial charge on any atom is 0.255 e. The third-order valence-electron chi connectivity index (χ3n) is 2.62. The molecule has 0 saturated heterocycles. The van der Waals surface area contributed by atoms with Crippen LogP contribution in [0.1, 0.15) is 17.3 Å². The summed E-state index contributed by atoms with van der Waals surface area (Å²) < 4.78 is 10.2. The molecule has 0 bridgehead atoms. The largest absolute Gasteiger partial charge is 0.491 e. The molecule has 7 nitrogen and oxygen atoms in total. The van der Waals surface area contributed by atoms with Crippen LogP contribution in [-0.2, 0) is 9.53 Å². The van der Waals surface area contributed by atoms with E-state index in [-0.39, 0.29) is 12.5 Å². The van der Waals surface area contributed by atoms with E-state index in [1.807, 2.05) is 0 Å². The predicted molar refractivity (Wildman–Crippen MR) is 79.2 cm³/mol. The first-order valence-corrected chi connectivity index (χ1v) is 6.65. The van der Waals surface area contributed by atoms with Crippen LogP contribution in [0.25, 0.3) is 0 Å². The van der Waals surface area contributed by atoms with Gasteiger partial charge in [-0.25, -0.2) is 0 Å². The second-order valence-electron chi connectivity index (χ2n) is 4.18. The molecule has 116 valence electrons. The number of carbonyl (C=O) groups excluding carboxylic acids is 2. The fraction of sp³-hybridized carbons (Fsp3) is 0.429. The molecule has 0 spiro atoms. The number of carbonyl (C=O) groups is 2. The zero-order valence-corrected chi connectivity index (χ0v) is 12.3. The molecule has 7 heteroatoms. The number of anilines is 1. The van der Waals surface area contributed by atoms with E-state index in [1.165, 1.54) is 0 Å². The van der Waals surface area contributed by atoms with Crippen molar-refractivity contribution in [3.63, 3.8) is 0 Å². The Kier molecular flexibility index (Phi) is 7.03. The molecule has 0 aliphatic carbocycles. The van der Waals surface area contributed by atoms with Crippen molar-refractivity contribution in [3.05, 3.63) is 23.8 Å². The van der Waals surface area contributed by atoms with Gasteiger partial charge in [0.1, 0.15) is 0 Å². The van der Waals surface area contributed by atoms with Gasteiger partial charge in [0.15, 0.2) is 5.75 Å². The van der Waals surface area contributed by atoms with Gasteiger partial charge in [-0.1, -0.05) is 6.07 Å². The number of hydrogen-bond donors (Lipinski definition) is 3. The van der Waals surface area contributed by atoms with Crippen LogP contribution in [0.2, 0.25) is 0 Å². The molecule has 21 heavy (non-hydrogen) atoms. The normalized spacial score (nSPS) is 10.0. The van der Waals surface area contributed by atoms with E-state index in [4.69, 9.17) is 15.2 Å². The number of amides is 2. The molecule has 0 radical (unpaired) electrons. The smallest absolute Gasteiger partial charge is 0.255 e. The predicted octanol–water partition coefficient (Wildman–Crippen LogP) is 0.160. The number of ether oxygens (including phenoxy) is 2. The lowest BCUT2D eigenvalue weighted by Crippen LogP contribution is -2.38. The molecule has 0 heterocycles. The molecule has 0 saturated carbocycles. The summed E-state index contributed by atoms with van der Waals surface area (Å²) in [5.41, 5.74) is 6.47. The van der Waals surface area contributed by atoms with E-state index < -0.39 is 5.91 Å². The Morgan fingerprint density at radius 2 is 2.05 bits per heavy atom. The van der Waals surface area contributed by atoms with Crippen LogP contribution in [0, 0.1) is 0 Å². The molecule has 0 aliphatic rings. The van der Waals surface area contributed by atoms with Gasteiger partial charge in [-0.3, -0.25) is 9.59 Å². The zero-order valence-electron chi connectivity index (χ0n) is 12.3. The summed E-state index contributed by atoms with van der Waals surface area (Å²) in [5.74, 6) is -0.368. The SMILES string of the molecule is CCOc1c(N)cccc1C(=O)NCC(=O)NCCOC. The molecule has 1 aromatic carbocycles. The number of para-hydroxylation sites is 1. The first-order chi connectivity index (χ1) is 10.1. The second kappa shape index (κ2) is 8.80. The monoisotopic (exact) mass is 295 g/mol. The van der Waals surface area contributed by atoms with Crippen LogP contribution in [0.3, 0.4) is 0 Å².